The molecule has 1 radical (unpaired) electrons. The highest BCUT2D eigenvalue weighted by molar-refractivity contribution is 5.60. The molecule has 1 heterocycles. The number of benzene rings is 1. The zero-order valence-corrected chi connectivity index (χ0v) is 8.42. The summed E-state index contributed by atoms with van der Waals surface area (Å²) in [5.74, 6) is -0.660. The molecule has 87 valence electrons. The van der Waals surface area contributed by atoms with Gasteiger partial charge in [-0.05, 0) is 24.3 Å². The maximum atomic E-state index is 13.3. The average molecular weight is 240 g/mol. The summed E-state index contributed by atoms with van der Waals surface area (Å²) in [7, 11) is 0. The third kappa shape index (κ3) is 2.43. The fraction of sp³-hybridized carbons (Fsp3) is 0.0833. The van der Waals surface area contributed by atoms with Crippen molar-refractivity contribution in [1.29, 1.82) is 0 Å². The summed E-state index contributed by atoms with van der Waals surface area (Å²) < 4.78 is 50.7. The Kier molecular flexibility index (Phi) is 2.83. The monoisotopic (exact) mass is 240 g/mol. The van der Waals surface area contributed by atoms with Crippen LogP contribution < -0.4 is 0 Å². The summed E-state index contributed by atoms with van der Waals surface area (Å²) in [4.78, 5) is 3.72. The smallest absolute Gasteiger partial charge is 0.253 e. The minimum absolute atomic E-state index is 0.0779. The number of rotatable bonds is 1. The minimum atomic E-state index is -4.50. The van der Waals surface area contributed by atoms with Crippen molar-refractivity contribution in [3.8, 4) is 11.3 Å². The lowest BCUT2D eigenvalue weighted by molar-refractivity contribution is -0.137. The van der Waals surface area contributed by atoms with E-state index in [0.717, 1.165) is 18.2 Å². The van der Waals surface area contributed by atoms with Crippen molar-refractivity contribution in [2.24, 2.45) is 0 Å². The van der Waals surface area contributed by atoms with E-state index in [1.165, 1.54) is 18.3 Å². The Morgan fingerprint density at radius 1 is 1.18 bits per heavy atom. The van der Waals surface area contributed by atoms with Gasteiger partial charge in [0.15, 0.2) is 0 Å². The van der Waals surface area contributed by atoms with Crippen LogP contribution in [-0.4, -0.2) is 4.98 Å². The molecule has 0 N–H and O–H groups in total. The molecular weight excluding hydrogens is 234 g/mol. The van der Waals surface area contributed by atoms with Crippen LogP contribution >= 0.6 is 0 Å². The second-order valence-electron chi connectivity index (χ2n) is 3.32. The van der Waals surface area contributed by atoms with E-state index in [1.54, 1.807) is 0 Å². The summed E-state index contributed by atoms with van der Waals surface area (Å²) in [5, 5.41) is 0. The van der Waals surface area contributed by atoms with Gasteiger partial charge in [-0.15, -0.1) is 0 Å². The fourth-order valence-electron chi connectivity index (χ4n) is 1.38. The fourth-order valence-corrected chi connectivity index (χ4v) is 1.38. The van der Waals surface area contributed by atoms with Gasteiger partial charge in [-0.1, -0.05) is 12.1 Å². The molecule has 5 heteroatoms. The summed E-state index contributed by atoms with van der Waals surface area (Å²) in [6.07, 6.45) is -3.18. The molecule has 0 bridgehead atoms. The Morgan fingerprint density at radius 2 is 1.94 bits per heavy atom. The van der Waals surface area contributed by atoms with Crippen molar-refractivity contribution in [1.82, 2.24) is 4.98 Å². The molecule has 0 saturated heterocycles. The molecule has 0 aliphatic rings. The number of hydrogen-bond acceptors (Lipinski definition) is 1. The van der Waals surface area contributed by atoms with Crippen LogP contribution in [0.25, 0.3) is 11.3 Å². The highest BCUT2D eigenvalue weighted by Crippen LogP contribution is 2.31. The zero-order valence-electron chi connectivity index (χ0n) is 8.42. The molecule has 2 rings (SSSR count). The first kappa shape index (κ1) is 11.6. The van der Waals surface area contributed by atoms with Gasteiger partial charge in [-0.25, -0.2) is 4.39 Å². The van der Waals surface area contributed by atoms with E-state index in [2.05, 4.69) is 11.1 Å². The normalized spacial score (nSPS) is 11.5. The second kappa shape index (κ2) is 4.16. The van der Waals surface area contributed by atoms with Crippen LogP contribution in [0.2, 0.25) is 0 Å². The molecule has 0 saturated carbocycles. The van der Waals surface area contributed by atoms with E-state index in [4.69, 9.17) is 0 Å². The molecule has 0 aliphatic heterocycles. The van der Waals surface area contributed by atoms with Crippen molar-refractivity contribution in [3.05, 3.63) is 54.0 Å². The maximum Gasteiger partial charge on any atom is 0.417 e. The Labute approximate surface area is 94.7 Å². The number of nitrogens with zero attached hydrogens (tertiary/aromatic N) is 1. The second-order valence-corrected chi connectivity index (χ2v) is 3.32. The van der Waals surface area contributed by atoms with Crippen LogP contribution in [0.1, 0.15) is 5.56 Å². The molecule has 1 aromatic carbocycles. The van der Waals surface area contributed by atoms with Gasteiger partial charge in [0, 0.05) is 11.8 Å². The third-order valence-electron chi connectivity index (χ3n) is 2.14. The molecule has 2 aromatic rings. The molecule has 1 aromatic heterocycles. The van der Waals surface area contributed by atoms with Crippen LogP contribution in [-0.2, 0) is 6.18 Å². The Bertz CT molecular complexity index is 534. The van der Waals surface area contributed by atoms with Crippen molar-refractivity contribution in [2.45, 2.75) is 6.18 Å². The van der Waals surface area contributed by atoms with Gasteiger partial charge in [0.2, 0.25) is 0 Å². The van der Waals surface area contributed by atoms with Crippen LogP contribution in [0.4, 0.5) is 17.6 Å². The van der Waals surface area contributed by atoms with Crippen molar-refractivity contribution in [2.75, 3.05) is 0 Å². The molecular formula is C12H6F4N. The van der Waals surface area contributed by atoms with Crippen molar-refractivity contribution < 1.29 is 17.6 Å². The number of pyridine rings is 1. The van der Waals surface area contributed by atoms with Gasteiger partial charge in [0.25, 0.3) is 0 Å². The lowest BCUT2D eigenvalue weighted by Crippen LogP contribution is -2.05. The molecule has 0 fully saturated rings. The first-order valence-electron chi connectivity index (χ1n) is 4.68. The number of halogens is 4. The number of aromatic nitrogens is 1. The molecule has 1 nitrogen and oxygen atoms in total. The predicted octanol–water partition coefficient (Wildman–Crippen LogP) is 3.71. The Morgan fingerprint density at radius 3 is 2.59 bits per heavy atom. The predicted molar refractivity (Wildman–Crippen MR) is 53.5 cm³/mol. The highest BCUT2D eigenvalue weighted by Gasteiger charge is 2.31. The topological polar surface area (TPSA) is 12.9 Å². The average Bonchev–Trinajstić information content (AvgIpc) is 2.29. The van der Waals surface area contributed by atoms with E-state index in [0.29, 0.717) is 0 Å². The lowest BCUT2D eigenvalue weighted by atomic mass is 10.1. The first-order valence-corrected chi connectivity index (χ1v) is 4.68. The zero-order chi connectivity index (χ0) is 12.5. The van der Waals surface area contributed by atoms with Crippen LogP contribution in [0, 0.1) is 11.9 Å². The SMILES string of the molecule is Fc1cccnc1-c1cc[c]c(C(F)(F)F)c1. The minimum Gasteiger partial charge on any atom is -0.253 e. The molecule has 0 aliphatic carbocycles. The third-order valence-corrected chi connectivity index (χ3v) is 2.14. The lowest BCUT2D eigenvalue weighted by Gasteiger charge is -2.08. The van der Waals surface area contributed by atoms with Gasteiger partial charge in [-0.3, -0.25) is 4.98 Å². The van der Waals surface area contributed by atoms with Gasteiger partial charge in [0.05, 0.1) is 5.56 Å². The molecule has 17 heavy (non-hydrogen) atoms. The Hall–Kier alpha value is -1.91. The van der Waals surface area contributed by atoms with Crippen LogP contribution in [0.15, 0.2) is 36.5 Å². The van der Waals surface area contributed by atoms with Gasteiger partial charge in [-0.2, -0.15) is 13.2 Å². The summed E-state index contributed by atoms with van der Waals surface area (Å²) in [6.45, 7) is 0. The molecule has 0 spiro atoms. The highest BCUT2D eigenvalue weighted by atomic mass is 19.4. The standard InChI is InChI=1S/C12H6F4N/c13-10-5-2-6-17-11(10)8-3-1-4-9(7-8)12(14,15)16/h1-3,5-7H. The van der Waals surface area contributed by atoms with Gasteiger partial charge < -0.3 is 0 Å². The van der Waals surface area contributed by atoms with Crippen LogP contribution in [0.5, 0.6) is 0 Å². The van der Waals surface area contributed by atoms with E-state index in [9.17, 15) is 17.6 Å². The maximum absolute atomic E-state index is 13.3. The first-order chi connectivity index (χ1) is 7.98. The summed E-state index contributed by atoms with van der Waals surface area (Å²) >= 11 is 0. The van der Waals surface area contributed by atoms with E-state index < -0.39 is 17.6 Å². The van der Waals surface area contributed by atoms with Crippen molar-refractivity contribution in [3.63, 3.8) is 0 Å². The van der Waals surface area contributed by atoms with Crippen molar-refractivity contribution >= 4 is 0 Å². The quantitative estimate of drug-likeness (QED) is 0.692. The van der Waals surface area contributed by atoms with E-state index in [1.807, 2.05) is 0 Å². The number of alkyl halides is 3. The van der Waals surface area contributed by atoms with E-state index in [-0.39, 0.29) is 11.3 Å². The van der Waals surface area contributed by atoms with E-state index >= 15 is 0 Å². The summed E-state index contributed by atoms with van der Waals surface area (Å²) in [5.41, 5.74) is -0.971. The van der Waals surface area contributed by atoms with Crippen LogP contribution in [0.3, 0.4) is 0 Å². The largest absolute Gasteiger partial charge is 0.417 e. The summed E-state index contributed by atoms with van der Waals surface area (Å²) in [6, 6.07) is 7.84. The van der Waals surface area contributed by atoms with Gasteiger partial charge >= 0.3 is 6.18 Å². The Balaban J connectivity index is 2.51. The molecule has 0 amide bonds. The molecule has 0 atom stereocenters. The van der Waals surface area contributed by atoms with Gasteiger partial charge in [0.1, 0.15) is 11.5 Å². The molecule has 0 unspecified atom stereocenters. The number of hydrogen-bond donors (Lipinski definition) is 0.